The third-order valence-electron chi connectivity index (χ3n) is 2.78. The summed E-state index contributed by atoms with van der Waals surface area (Å²) in [5.41, 5.74) is 1.63. The molecule has 0 spiro atoms. The quantitative estimate of drug-likeness (QED) is 0.784. The van der Waals surface area contributed by atoms with Gasteiger partial charge in [0.05, 0.1) is 0 Å². The molecule has 21 heavy (non-hydrogen) atoms. The molecule has 2 amide bonds. The molecule has 3 N–H and O–H groups in total. The number of nitrogens with one attached hydrogen (secondary N) is 2. The normalized spacial score (nSPS) is 10.2. The summed E-state index contributed by atoms with van der Waals surface area (Å²) < 4.78 is 14.1. The number of hydrogen-bond donors (Lipinski definition) is 3. The molecule has 0 radical (unpaired) electrons. The van der Waals surface area contributed by atoms with Gasteiger partial charge < -0.3 is 15.7 Å². The number of rotatable bonds is 4. The zero-order valence-corrected chi connectivity index (χ0v) is 12.7. The molecule has 0 saturated carbocycles. The van der Waals surface area contributed by atoms with Crippen molar-refractivity contribution in [3.8, 4) is 0 Å². The highest BCUT2D eigenvalue weighted by Gasteiger charge is 2.08. The minimum absolute atomic E-state index is 0.0758. The van der Waals surface area contributed by atoms with Crippen molar-refractivity contribution in [1.82, 2.24) is 0 Å². The van der Waals surface area contributed by atoms with Crippen LogP contribution in [0.5, 0.6) is 0 Å². The molecule has 2 aromatic carbocycles. The molecule has 2 rings (SSSR count). The van der Waals surface area contributed by atoms with Crippen LogP contribution in [0.3, 0.4) is 0 Å². The number of urea groups is 1. The van der Waals surface area contributed by atoms with Crippen LogP contribution in [0.4, 0.5) is 20.6 Å². The Bertz CT molecular complexity index is 649. The van der Waals surface area contributed by atoms with Crippen LogP contribution in [-0.2, 0) is 6.42 Å². The molecule has 0 heterocycles. The maximum atomic E-state index is 13.3. The third-order valence-corrected chi connectivity index (χ3v) is 3.28. The summed E-state index contributed by atoms with van der Waals surface area (Å²) in [6.07, 6.45) is 0.340. The summed E-state index contributed by atoms with van der Waals surface area (Å²) in [6.45, 7) is -0.0758. The lowest BCUT2D eigenvalue weighted by molar-refractivity contribution is 0.262. The molecule has 0 unspecified atom stereocenters. The first kappa shape index (κ1) is 15.5. The van der Waals surface area contributed by atoms with Gasteiger partial charge in [0, 0.05) is 22.5 Å². The molecule has 0 fully saturated rings. The second-order valence-electron chi connectivity index (χ2n) is 4.36. The molecule has 0 saturated heterocycles. The van der Waals surface area contributed by atoms with Gasteiger partial charge in [-0.2, -0.15) is 0 Å². The van der Waals surface area contributed by atoms with E-state index >= 15 is 0 Å². The number of carbonyl (C=O) groups excluding carboxylic acids is 1. The van der Waals surface area contributed by atoms with E-state index in [0.717, 1.165) is 4.47 Å². The minimum atomic E-state index is -0.474. The van der Waals surface area contributed by atoms with Crippen molar-refractivity contribution in [3.63, 3.8) is 0 Å². The number of hydrogen-bond acceptors (Lipinski definition) is 2. The standard InChI is InChI=1S/C15H14BrFN2O2/c16-11-2-1-3-13(8-11)18-15(21)19-14-9-12(17)5-4-10(14)6-7-20/h1-5,8-9,20H,6-7H2,(H2,18,19,21). The summed E-state index contributed by atoms with van der Waals surface area (Å²) in [4.78, 5) is 11.9. The van der Waals surface area contributed by atoms with E-state index in [2.05, 4.69) is 26.6 Å². The topological polar surface area (TPSA) is 61.4 Å². The van der Waals surface area contributed by atoms with Gasteiger partial charge in [-0.1, -0.05) is 28.1 Å². The molecular formula is C15H14BrFN2O2. The second-order valence-corrected chi connectivity index (χ2v) is 5.28. The van der Waals surface area contributed by atoms with Gasteiger partial charge in [-0.05, 0) is 42.3 Å². The molecule has 0 atom stereocenters. The van der Waals surface area contributed by atoms with Crippen LogP contribution in [0.15, 0.2) is 46.9 Å². The van der Waals surface area contributed by atoms with Gasteiger partial charge in [0.2, 0.25) is 0 Å². The lowest BCUT2D eigenvalue weighted by Gasteiger charge is -2.12. The lowest BCUT2D eigenvalue weighted by atomic mass is 10.1. The van der Waals surface area contributed by atoms with E-state index in [9.17, 15) is 9.18 Å². The summed E-state index contributed by atoms with van der Waals surface area (Å²) in [6, 6.07) is 10.7. The number of carbonyl (C=O) groups is 1. The number of aliphatic hydroxyl groups excluding tert-OH is 1. The fourth-order valence-electron chi connectivity index (χ4n) is 1.85. The largest absolute Gasteiger partial charge is 0.396 e. The van der Waals surface area contributed by atoms with E-state index in [4.69, 9.17) is 5.11 Å². The Morgan fingerprint density at radius 2 is 2.00 bits per heavy atom. The molecule has 2 aromatic rings. The fraction of sp³-hybridized carbons (Fsp3) is 0.133. The Kier molecular flexibility index (Phi) is 5.30. The Morgan fingerprint density at radius 1 is 1.19 bits per heavy atom. The van der Waals surface area contributed by atoms with Crippen LogP contribution in [0, 0.1) is 5.82 Å². The number of halogens is 2. The van der Waals surface area contributed by atoms with Crippen molar-refractivity contribution in [2.24, 2.45) is 0 Å². The summed E-state index contributed by atoms with van der Waals surface area (Å²) in [5.74, 6) is -0.450. The van der Waals surface area contributed by atoms with Crippen LogP contribution >= 0.6 is 15.9 Å². The molecular weight excluding hydrogens is 339 g/mol. The van der Waals surface area contributed by atoms with E-state index < -0.39 is 11.8 Å². The fourth-order valence-corrected chi connectivity index (χ4v) is 2.25. The zero-order chi connectivity index (χ0) is 15.2. The highest BCUT2D eigenvalue weighted by atomic mass is 79.9. The Balaban J connectivity index is 2.10. The van der Waals surface area contributed by atoms with E-state index in [-0.39, 0.29) is 6.61 Å². The minimum Gasteiger partial charge on any atom is -0.396 e. The third kappa shape index (κ3) is 4.54. The average molecular weight is 353 g/mol. The molecule has 0 aromatic heterocycles. The number of benzene rings is 2. The molecule has 0 aliphatic carbocycles. The van der Waals surface area contributed by atoms with Crippen LogP contribution in [0.25, 0.3) is 0 Å². The van der Waals surface area contributed by atoms with E-state index in [1.54, 1.807) is 24.3 Å². The molecule has 4 nitrogen and oxygen atoms in total. The van der Waals surface area contributed by atoms with Gasteiger partial charge in [-0.15, -0.1) is 0 Å². The Hall–Kier alpha value is -1.92. The van der Waals surface area contributed by atoms with Crippen molar-refractivity contribution in [1.29, 1.82) is 0 Å². The first-order valence-electron chi connectivity index (χ1n) is 6.31. The van der Waals surface area contributed by atoms with Crippen molar-refractivity contribution in [3.05, 3.63) is 58.3 Å². The van der Waals surface area contributed by atoms with E-state index in [0.29, 0.717) is 23.4 Å². The van der Waals surface area contributed by atoms with Gasteiger partial charge >= 0.3 is 6.03 Å². The number of amides is 2. The summed E-state index contributed by atoms with van der Waals surface area (Å²) >= 11 is 3.31. The first-order valence-corrected chi connectivity index (χ1v) is 7.10. The van der Waals surface area contributed by atoms with Gasteiger partial charge in [-0.3, -0.25) is 0 Å². The van der Waals surface area contributed by atoms with Gasteiger partial charge in [0.1, 0.15) is 5.82 Å². The monoisotopic (exact) mass is 352 g/mol. The van der Waals surface area contributed by atoms with Crippen LogP contribution in [-0.4, -0.2) is 17.7 Å². The molecule has 0 aliphatic heterocycles. The maximum Gasteiger partial charge on any atom is 0.323 e. The van der Waals surface area contributed by atoms with Gasteiger partial charge in [-0.25, -0.2) is 9.18 Å². The molecule has 6 heteroatoms. The number of aliphatic hydroxyl groups is 1. The van der Waals surface area contributed by atoms with Crippen molar-refractivity contribution in [2.45, 2.75) is 6.42 Å². The van der Waals surface area contributed by atoms with Crippen molar-refractivity contribution >= 4 is 33.3 Å². The van der Waals surface area contributed by atoms with Crippen molar-refractivity contribution in [2.75, 3.05) is 17.2 Å². The smallest absolute Gasteiger partial charge is 0.323 e. The van der Waals surface area contributed by atoms with Gasteiger partial charge in [0.25, 0.3) is 0 Å². The zero-order valence-electron chi connectivity index (χ0n) is 11.1. The van der Waals surface area contributed by atoms with E-state index in [1.165, 1.54) is 12.1 Å². The maximum absolute atomic E-state index is 13.3. The SMILES string of the molecule is O=C(Nc1cccc(Br)c1)Nc1cc(F)ccc1CCO. The predicted octanol–water partition coefficient (Wildman–Crippen LogP) is 3.77. The lowest BCUT2D eigenvalue weighted by Crippen LogP contribution is -2.20. The molecule has 110 valence electrons. The van der Waals surface area contributed by atoms with E-state index in [1.807, 2.05) is 6.07 Å². The Morgan fingerprint density at radius 3 is 2.71 bits per heavy atom. The van der Waals surface area contributed by atoms with Crippen LogP contribution in [0.2, 0.25) is 0 Å². The highest BCUT2D eigenvalue weighted by molar-refractivity contribution is 9.10. The average Bonchev–Trinajstić information content (AvgIpc) is 2.42. The van der Waals surface area contributed by atoms with Crippen LogP contribution in [0.1, 0.15) is 5.56 Å². The molecule has 0 bridgehead atoms. The van der Waals surface area contributed by atoms with Gasteiger partial charge in [0.15, 0.2) is 0 Å². The Labute approximate surface area is 130 Å². The molecule has 0 aliphatic rings. The number of anilines is 2. The predicted molar refractivity (Wildman–Crippen MR) is 84.0 cm³/mol. The van der Waals surface area contributed by atoms with Crippen LogP contribution < -0.4 is 10.6 Å². The summed E-state index contributed by atoms with van der Waals surface area (Å²) in [7, 11) is 0. The first-order chi connectivity index (χ1) is 10.1. The summed E-state index contributed by atoms with van der Waals surface area (Å²) in [5, 5.41) is 14.2. The highest BCUT2D eigenvalue weighted by Crippen LogP contribution is 2.19. The second kappa shape index (κ2) is 7.19. The van der Waals surface area contributed by atoms with Crippen molar-refractivity contribution < 1.29 is 14.3 Å².